The molecule has 5 N–H and O–H groups in total. The molecular weight excluding hydrogens is 354 g/mol. The van der Waals surface area contributed by atoms with Gasteiger partial charge in [-0.25, -0.2) is 0 Å². The number of hydrogen-bond donors (Lipinski definition) is 4. The second-order valence-electron chi connectivity index (χ2n) is 6.25. The van der Waals surface area contributed by atoms with E-state index in [1.165, 1.54) is 0 Å². The molecule has 0 heterocycles. The third-order valence-electron chi connectivity index (χ3n) is 4.18. The molecule has 6 heteroatoms. The van der Waals surface area contributed by atoms with Gasteiger partial charge in [0.2, 0.25) is 0 Å². The molecule has 0 aliphatic rings. The van der Waals surface area contributed by atoms with Crippen LogP contribution >= 0.6 is 0 Å². The van der Waals surface area contributed by atoms with Crippen molar-refractivity contribution in [2.45, 2.75) is 6.42 Å². The molecule has 2 amide bonds. The Balaban J connectivity index is 1.75. The maximum absolute atomic E-state index is 12.7. The number of amides is 2. The average molecular weight is 375 g/mol. The third kappa shape index (κ3) is 4.75. The first-order valence-corrected chi connectivity index (χ1v) is 8.84. The Morgan fingerprint density at radius 2 is 1.61 bits per heavy atom. The Morgan fingerprint density at radius 1 is 0.857 bits per heavy atom. The van der Waals surface area contributed by atoms with E-state index in [0.29, 0.717) is 34.6 Å². The number of carbonyl (C=O) groups excluding carboxylic acids is 2. The second-order valence-corrected chi connectivity index (χ2v) is 6.25. The lowest BCUT2D eigenvalue weighted by Gasteiger charge is -2.12. The molecule has 0 spiro atoms. The summed E-state index contributed by atoms with van der Waals surface area (Å²) in [7, 11) is 0. The molecule has 3 rings (SSSR count). The lowest BCUT2D eigenvalue weighted by Crippen LogP contribution is -2.18. The first-order valence-electron chi connectivity index (χ1n) is 8.84. The van der Waals surface area contributed by atoms with Crippen molar-refractivity contribution in [3.05, 3.63) is 89.5 Å². The predicted octanol–water partition coefficient (Wildman–Crippen LogP) is 3.31. The third-order valence-corrected chi connectivity index (χ3v) is 4.18. The summed E-state index contributed by atoms with van der Waals surface area (Å²) in [6, 6.07) is 20.7. The van der Waals surface area contributed by atoms with Gasteiger partial charge in [-0.3, -0.25) is 9.59 Å². The van der Waals surface area contributed by atoms with Crippen LogP contribution in [0.4, 0.5) is 17.1 Å². The maximum Gasteiger partial charge on any atom is 0.257 e. The van der Waals surface area contributed by atoms with Gasteiger partial charge in [-0.15, -0.1) is 0 Å². The molecule has 0 aromatic heterocycles. The van der Waals surface area contributed by atoms with Crippen LogP contribution in [0.2, 0.25) is 0 Å². The van der Waals surface area contributed by atoms with Crippen LogP contribution in [0.25, 0.3) is 0 Å². The lowest BCUT2D eigenvalue weighted by molar-refractivity contribution is 0.102. The van der Waals surface area contributed by atoms with E-state index in [0.717, 1.165) is 5.56 Å². The Bertz CT molecular complexity index is 984. The van der Waals surface area contributed by atoms with Gasteiger partial charge in [0.25, 0.3) is 11.8 Å². The van der Waals surface area contributed by atoms with E-state index in [1.54, 1.807) is 60.7 Å². The predicted molar refractivity (Wildman–Crippen MR) is 110 cm³/mol. The summed E-state index contributed by atoms with van der Waals surface area (Å²) in [5.74, 6) is -0.681. The van der Waals surface area contributed by atoms with Crippen LogP contribution < -0.4 is 16.4 Å². The highest BCUT2D eigenvalue weighted by atomic mass is 16.3. The van der Waals surface area contributed by atoms with Crippen molar-refractivity contribution in [1.29, 1.82) is 0 Å². The van der Waals surface area contributed by atoms with Crippen molar-refractivity contribution in [2.75, 3.05) is 23.0 Å². The number of nitrogen functional groups attached to an aromatic ring is 1. The van der Waals surface area contributed by atoms with Gasteiger partial charge in [0.05, 0.1) is 11.3 Å². The average Bonchev–Trinajstić information content (AvgIpc) is 2.70. The molecule has 3 aromatic rings. The van der Waals surface area contributed by atoms with E-state index < -0.39 is 0 Å². The number of aliphatic hydroxyl groups excluding tert-OH is 1. The minimum Gasteiger partial charge on any atom is -0.399 e. The van der Waals surface area contributed by atoms with E-state index in [-0.39, 0.29) is 18.4 Å². The van der Waals surface area contributed by atoms with Gasteiger partial charge in [0.15, 0.2) is 0 Å². The van der Waals surface area contributed by atoms with Crippen molar-refractivity contribution in [2.24, 2.45) is 0 Å². The van der Waals surface area contributed by atoms with Gasteiger partial charge in [0.1, 0.15) is 0 Å². The molecule has 142 valence electrons. The molecule has 0 saturated heterocycles. The quantitative estimate of drug-likeness (QED) is 0.496. The molecule has 3 aromatic carbocycles. The monoisotopic (exact) mass is 375 g/mol. The van der Waals surface area contributed by atoms with Crippen LogP contribution in [-0.2, 0) is 6.42 Å². The number of hydrogen-bond acceptors (Lipinski definition) is 4. The number of carbonyl (C=O) groups is 2. The van der Waals surface area contributed by atoms with Gasteiger partial charge >= 0.3 is 0 Å². The molecule has 0 radical (unpaired) electrons. The summed E-state index contributed by atoms with van der Waals surface area (Å²) in [6.07, 6.45) is 0.563. The Hall–Kier alpha value is -3.64. The first-order chi connectivity index (χ1) is 13.6. The topological polar surface area (TPSA) is 104 Å². The van der Waals surface area contributed by atoms with E-state index in [9.17, 15) is 9.59 Å². The lowest BCUT2D eigenvalue weighted by atomic mass is 10.1. The van der Waals surface area contributed by atoms with E-state index in [2.05, 4.69) is 10.6 Å². The molecule has 28 heavy (non-hydrogen) atoms. The fraction of sp³-hybridized carbons (Fsp3) is 0.0909. The molecule has 0 saturated carbocycles. The zero-order valence-corrected chi connectivity index (χ0v) is 15.2. The zero-order chi connectivity index (χ0) is 19.9. The van der Waals surface area contributed by atoms with Crippen LogP contribution in [0.3, 0.4) is 0 Å². The minimum atomic E-state index is -0.346. The Kier molecular flexibility index (Phi) is 6.04. The van der Waals surface area contributed by atoms with Crippen molar-refractivity contribution < 1.29 is 14.7 Å². The summed E-state index contributed by atoms with van der Waals surface area (Å²) >= 11 is 0. The summed E-state index contributed by atoms with van der Waals surface area (Å²) in [5, 5.41) is 14.6. The minimum absolute atomic E-state index is 0.0752. The highest BCUT2D eigenvalue weighted by Crippen LogP contribution is 2.19. The van der Waals surface area contributed by atoms with Gasteiger partial charge in [-0.05, 0) is 54.4 Å². The summed E-state index contributed by atoms with van der Waals surface area (Å²) in [5.41, 5.74) is 8.99. The van der Waals surface area contributed by atoms with Crippen molar-refractivity contribution in [3.63, 3.8) is 0 Å². The standard InChI is InChI=1S/C22H21N3O3/c23-17-5-3-4-16(14-17)21(27)25-20-7-2-1-6-19(20)22(28)24-18-10-8-15(9-11-18)12-13-26/h1-11,14,26H,12-13,23H2,(H,24,28)(H,25,27). The number of nitrogens with two attached hydrogens (primary N) is 1. The number of aliphatic hydroxyl groups is 1. The second kappa shape index (κ2) is 8.83. The van der Waals surface area contributed by atoms with Gasteiger partial charge in [-0.2, -0.15) is 0 Å². The van der Waals surface area contributed by atoms with E-state index >= 15 is 0 Å². The molecule has 0 fully saturated rings. The molecular formula is C22H21N3O3. The van der Waals surface area contributed by atoms with Crippen molar-refractivity contribution in [1.82, 2.24) is 0 Å². The summed E-state index contributed by atoms with van der Waals surface area (Å²) < 4.78 is 0. The first kappa shape index (κ1) is 19.1. The molecule has 6 nitrogen and oxygen atoms in total. The molecule has 0 atom stereocenters. The highest BCUT2D eigenvalue weighted by molar-refractivity contribution is 6.12. The number of nitrogens with one attached hydrogen (secondary N) is 2. The Morgan fingerprint density at radius 3 is 2.32 bits per heavy atom. The molecule has 0 unspecified atom stereocenters. The number of rotatable bonds is 6. The Labute approximate surface area is 163 Å². The number of para-hydroxylation sites is 1. The van der Waals surface area contributed by atoms with E-state index in [4.69, 9.17) is 10.8 Å². The summed E-state index contributed by atoms with van der Waals surface area (Å²) in [6.45, 7) is 0.0752. The van der Waals surface area contributed by atoms with Gasteiger partial charge < -0.3 is 21.5 Å². The molecule has 0 bridgehead atoms. The van der Waals surface area contributed by atoms with Crippen LogP contribution in [0.1, 0.15) is 26.3 Å². The van der Waals surface area contributed by atoms with Crippen LogP contribution in [0, 0.1) is 0 Å². The summed E-state index contributed by atoms with van der Waals surface area (Å²) in [4.78, 5) is 25.2. The number of benzene rings is 3. The highest BCUT2D eigenvalue weighted by Gasteiger charge is 2.14. The van der Waals surface area contributed by atoms with Gasteiger partial charge in [-0.1, -0.05) is 30.3 Å². The SMILES string of the molecule is Nc1cccc(C(=O)Nc2ccccc2C(=O)Nc2ccc(CCO)cc2)c1. The maximum atomic E-state index is 12.7. The smallest absolute Gasteiger partial charge is 0.257 e. The van der Waals surface area contributed by atoms with Crippen LogP contribution in [0.5, 0.6) is 0 Å². The number of anilines is 3. The van der Waals surface area contributed by atoms with Crippen LogP contribution in [-0.4, -0.2) is 23.5 Å². The molecule has 0 aliphatic carbocycles. The zero-order valence-electron chi connectivity index (χ0n) is 15.2. The van der Waals surface area contributed by atoms with Crippen molar-refractivity contribution >= 4 is 28.9 Å². The fourth-order valence-electron chi connectivity index (χ4n) is 2.75. The normalized spacial score (nSPS) is 10.3. The van der Waals surface area contributed by atoms with Gasteiger partial charge in [0, 0.05) is 23.5 Å². The van der Waals surface area contributed by atoms with Crippen LogP contribution in [0.15, 0.2) is 72.8 Å². The van der Waals surface area contributed by atoms with E-state index in [1.807, 2.05) is 12.1 Å². The van der Waals surface area contributed by atoms with Crippen molar-refractivity contribution in [3.8, 4) is 0 Å². The largest absolute Gasteiger partial charge is 0.399 e. The fourth-order valence-corrected chi connectivity index (χ4v) is 2.75. The molecule has 0 aliphatic heterocycles.